The Hall–Kier alpha value is -2.30. The number of hydrogen-bond acceptors (Lipinski definition) is 4. The Kier molecular flexibility index (Phi) is 4.95. The second-order valence-corrected chi connectivity index (χ2v) is 5.71. The van der Waals surface area contributed by atoms with E-state index in [9.17, 15) is 0 Å². The molecule has 0 bridgehead atoms. The van der Waals surface area contributed by atoms with Crippen LogP contribution in [-0.2, 0) is 6.54 Å². The fraction of sp³-hybridized carbons (Fsp3) is 0.0588. The molecule has 0 aliphatic rings. The minimum atomic E-state index is 0.594. The fourth-order valence-electron chi connectivity index (χ4n) is 2.03. The van der Waals surface area contributed by atoms with Crippen LogP contribution in [0.25, 0.3) is 0 Å². The Morgan fingerprint density at radius 2 is 1.61 bits per heavy atom. The van der Waals surface area contributed by atoms with Crippen LogP contribution in [-0.4, -0.2) is 9.97 Å². The number of aromatic nitrogens is 2. The molecule has 1 aromatic heterocycles. The van der Waals surface area contributed by atoms with Crippen molar-refractivity contribution in [2.24, 2.45) is 0 Å². The van der Waals surface area contributed by atoms with Crippen LogP contribution in [0.15, 0.2) is 60.9 Å². The van der Waals surface area contributed by atoms with Gasteiger partial charge < -0.3 is 10.6 Å². The molecule has 0 saturated carbocycles. The van der Waals surface area contributed by atoms with Gasteiger partial charge >= 0.3 is 0 Å². The summed E-state index contributed by atoms with van der Waals surface area (Å²) >= 11 is 12.0. The number of anilines is 3. The first-order valence-corrected chi connectivity index (χ1v) is 7.78. The van der Waals surface area contributed by atoms with Crippen LogP contribution >= 0.6 is 23.2 Å². The van der Waals surface area contributed by atoms with E-state index in [4.69, 9.17) is 23.2 Å². The van der Waals surface area contributed by atoms with Crippen molar-refractivity contribution in [1.29, 1.82) is 0 Å². The van der Waals surface area contributed by atoms with Crippen molar-refractivity contribution in [3.63, 3.8) is 0 Å². The molecule has 23 heavy (non-hydrogen) atoms. The third kappa shape index (κ3) is 4.34. The molecule has 4 nitrogen and oxygen atoms in total. The van der Waals surface area contributed by atoms with E-state index in [1.807, 2.05) is 54.6 Å². The molecule has 0 amide bonds. The zero-order valence-electron chi connectivity index (χ0n) is 12.1. The van der Waals surface area contributed by atoms with Gasteiger partial charge in [0, 0.05) is 28.3 Å². The van der Waals surface area contributed by atoms with E-state index in [0.29, 0.717) is 17.4 Å². The summed E-state index contributed by atoms with van der Waals surface area (Å²) in [5.41, 5.74) is 1.92. The van der Waals surface area contributed by atoms with E-state index >= 15 is 0 Å². The van der Waals surface area contributed by atoms with Crippen LogP contribution in [0.1, 0.15) is 5.56 Å². The molecular weight excluding hydrogens is 331 g/mol. The average molecular weight is 345 g/mol. The van der Waals surface area contributed by atoms with Crippen molar-refractivity contribution < 1.29 is 0 Å². The zero-order chi connectivity index (χ0) is 16.1. The highest BCUT2D eigenvalue weighted by molar-refractivity contribution is 6.31. The lowest BCUT2D eigenvalue weighted by Crippen LogP contribution is -2.03. The molecule has 2 N–H and O–H groups in total. The summed E-state index contributed by atoms with van der Waals surface area (Å²) in [5, 5.41) is 7.87. The van der Waals surface area contributed by atoms with Crippen molar-refractivity contribution in [2.45, 2.75) is 6.54 Å². The van der Waals surface area contributed by atoms with Gasteiger partial charge in [0.2, 0.25) is 0 Å². The predicted octanol–water partition coefficient (Wildman–Crippen LogP) is 5.14. The topological polar surface area (TPSA) is 49.8 Å². The quantitative estimate of drug-likeness (QED) is 0.672. The summed E-state index contributed by atoms with van der Waals surface area (Å²) in [6.07, 6.45) is 1.51. The SMILES string of the molecule is Clc1ccc(Nc2cc(NCc3ccccc3Cl)ncn2)cc1. The minimum Gasteiger partial charge on any atom is -0.366 e. The predicted molar refractivity (Wildman–Crippen MR) is 95.5 cm³/mol. The Morgan fingerprint density at radius 1 is 0.870 bits per heavy atom. The summed E-state index contributed by atoms with van der Waals surface area (Å²) in [7, 11) is 0. The molecule has 116 valence electrons. The van der Waals surface area contributed by atoms with Crippen molar-refractivity contribution in [3.8, 4) is 0 Å². The van der Waals surface area contributed by atoms with Crippen LogP contribution in [0.2, 0.25) is 10.0 Å². The molecule has 0 saturated heterocycles. The van der Waals surface area contributed by atoms with Gasteiger partial charge in [0.25, 0.3) is 0 Å². The van der Waals surface area contributed by atoms with Gasteiger partial charge in [-0.15, -0.1) is 0 Å². The van der Waals surface area contributed by atoms with Gasteiger partial charge in [0.15, 0.2) is 0 Å². The molecule has 0 radical (unpaired) electrons. The van der Waals surface area contributed by atoms with Crippen molar-refractivity contribution in [3.05, 3.63) is 76.5 Å². The smallest absolute Gasteiger partial charge is 0.135 e. The molecule has 0 fully saturated rings. The van der Waals surface area contributed by atoms with Crippen LogP contribution in [0, 0.1) is 0 Å². The molecule has 2 aromatic carbocycles. The normalized spacial score (nSPS) is 10.3. The summed E-state index contributed by atoms with van der Waals surface area (Å²) in [4.78, 5) is 8.42. The maximum Gasteiger partial charge on any atom is 0.135 e. The molecule has 1 heterocycles. The minimum absolute atomic E-state index is 0.594. The van der Waals surface area contributed by atoms with Crippen molar-refractivity contribution in [2.75, 3.05) is 10.6 Å². The number of benzene rings is 2. The maximum absolute atomic E-state index is 6.15. The van der Waals surface area contributed by atoms with Gasteiger partial charge in [0.1, 0.15) is 18.0 Å². The summed E-state index contributed by atoms with van der Waals surface area (Å²) < 4.78 is 0. The molecule has 0 atom stereocenters. The van der Waals surface area contributed by atoms with E-state index < -0.39 is 0 Å². The van der Waals surface area contributed by atoms with Gasteiger partial charge in [0.05, 0.1) is 0 Å². The van der Waals surface area contributed by atoms with Gasteiger partial charge in [-0.05, 0) is 35.9 Å². The van der Waals surface area contributed by atoms with Gasteiger partial charge in [-0.3, -0.25) is 0 Å². The number of nitrogens with zero attached hydrogens (tertiary/aromatic N) is 2. The van der Waals surface area contributed by atoms with E-state index in [2.05, 4.69) is 20.6 Å². The van der Waals surface area contributed by atoms with Gasteiger partial charge in [-0.2, -0.15) is 0 Å². The summed E-state index contributed by atoms with van der Waals surface area (Å²) in [6, 6.07) is 17.0. The van der Waals surface area contributed by atoms with E-state index in [1.54, 1.807) is 0 Å². The lowest BCUT2D eigenvalue weighted by molar-refractivity contribution is 1.08. The van der Waals surface area contributed by atoms with E-state index in [0.717, 1.165) is 22.1 Å². The third-order valence-corrected chi connectivity index (χ3v) is 3.82. The highest BCUT2D eigenvalue weighted by Crippen LogP contribution is 2.20. The monoisotopic (exact) mass is 344 g/mol. The summed E-state index contributed by atoms with van der Waals surface area (Å²) in [5.74, 6) is 1.42. The average Bonchev–Trinajstić information content (AvgIpc) is 2.57. The van der Waals surface area contributed by atoms with Crippen LogP contribution < -0.4 is 10.6 Å². The second kappa shape index (κ2) is 7.31. The largest absolute Gasteiger partial charge is 0.366 e. The van der Waals surface area contributed by atoms with Gasteiger partial charge in [-0.1, -0.05) is 41.4 Å². The lowest BCUT2D eigenvalue weighted by atomic mass is 10.2. The number of halogens is 2. The highest BCUT2D eigenvalue weighted by atomic mass is 35.5. The number of nitrogens with one attached hydrogen (secondary N) is 2. The van der Waals surface area contributed by atoms with Gasteiger partial charge in [-0.25, -0.2) is 9.97 Å². The van der Waals surface area contributed by atoms with Crippen LogP contribution in [0.4, 0.5) is 17.3 Å². The zero-order valence-corrected chi connectivity index (χ0v) is 13.6. The van der Waals surface area contributed by atoms with Crippen molar-refractivity contribution in [1.82, 2.24) is 9.97 Å². The van der Waals surface area contributed by atoms with E-state index in [1.165, 1.54) is 6.33 Å². The summed E-state index contributed by atoms with van der Waals surface area (Å²) in [6.45, 7) is 0.594. The first-order chi connectivity index (χ1) is 11.2. The highest BCUT2D eigenvalue weighted by Gasteiger charge is 2.02. The molecule has 0 aliphatic carbocycles. The number of hydrogen-bond donors (Lipinski definition) is 2. The molecule has 6 heteroatoms. The fourth-order valence-corrected chi connectivity index (χ4v) is 2.36. The molecular formula is C17H14Cl2N4. The molecule has 3 aromatic rings. The van der Waals surface area contributed by atoms with Crippen LogP contribution in [0.3, 0.4) is 0 Å². The molecule has 3 rings (SSSR count). The number of rotatable bonds is 5. The Morgan fingerprint density at radius 3 is 2.39 bits per heavy atom. The Labute approximate surface area is 144 Å². The van der Waals surface area contributed by atoms with Crippen molar-refractivity contribution >= 4 is 40.5 Å². The lowest BCUT2D eigenvalue weighted by Gasteiger charge is -2.09. The molecule has 0 unspecified atom stereocenters. The standard InChI is InChI=1S/C17H14Cl2N4/c18-13-5-7-14(8-6-13)23-17-9-16(21-11-22-17)20-10-12-3-1-2-4-15(12)19/h1-9,11H,10H2,(H2,20,21,22,23). The second-order valence-electron chi connectivity index (χ2n) is 4.87. The first-order valence-electron chi connectivity index (χ1n) is 7.02. The maximum atomic E-state index is 6.15. The molecule has 0 spiro atoms. The Balaban J connectivity index is 1.67. The third-order valence-electron chi connectivity index (χ3n) is 3.20. The van der Waals surface area contributed by atoms with E-state index in [-0.39, 0.29) is 0 Å². The van der Waals surface area contributed by atoms with Crippen LogP contribution in [0.5, 0.6) is 0 Å². The first kappa shape index (κ1) is 15.6. The molecule has 0 aliphatic heterocycles. The Bertz CT molecular complexity index is 791.